The van der Waals surface area contributed by atoms with Crippen molar-refractivity contribution >= 4 is 5.97 Å². The largest absolute Gasteiger partial charge is 0.461 e. The van der Waals surface area contributed by atoms with Crippen LogP contribution in [0.1, 0.15) is 25.3 Å². The van der Waals surface area contributed by atoms with Crippen LogP contribution in [0.2, 0.25) is 0 Å². The van der Waals surface area contributed by atoms with Gasteiger partial charge in [0.15, 0.2) is 0 Å². The van der Waals surface area contributed by atoms with Crippen LogP contribution in [0.3, 0.4) is 0 Å². The van der Waals surface area contributed by atoms with Gasteiger partial charge in [0.05, 0.1) is 0 Å². The number of nitrogens with zero attached hydrogens (tertiary/aromatic N) is 1. The molecule has 0 fully saturated rings. The molecule has 0 N–H and O–H groups in total. The zero-order chi connectivity index (χ0) is 13.4. The molecule has 0 bridgehead atoms. The van der Waals surface area contributed by atoms with Gasteiger partial charge in [-0.2, -0.15) is 0 Å². The first-order valence-corrected chi connectivity index (χ1v) is 6.46. The fourth-order valence-corrected chi connectivity index (χ4v) is 1.89. The van der Waals surface area contributed by atoms with Gasteiger partial charge in [-0.3, -0.25) is 4.79 Å². The van der Waals surface area contributed by atoms with Crippen LogP contribution >= 0.6 is 0 Å². The Balaban J connectivity index is 2.32. The summed E-state index contributed by atoms with van der Waals surface area (Å²) in [4.78, 5) is 13.8. The Morgan fingerprint density at radius 2 is 1.94 bits per heavy atom. The topological polar surface area (TPSA) is 29.5 Å². The SMILES string of the molecule is CCC(CC(=O)OCc1ccccc1)CN(C)C. The first-order valence-electron chi connectivity index (χ1n) is 6.46. The van der Waals surface area contributed by atoms with E-state index in [1.807, 2.05) is 44.4 Å². The second kappa shape index (κ2) is 7.88. The van der Waals surface area contributed by atoms with Gasteiger partial charge in [-0.05, 0) is 25.6 Å². The lowest BCUT2D eigenvalue weighted by atomic mass is 10.0. The molecule has 0 radical (unpaired) electrons. The molecule has 1 unspecified atom stereocenters. The van der Waals surface area contributed by atoms with Gasteiger partial charge < -0.3 is 9.64 Å². The lowest BCUT2D eigenvalue weighted by Crippen LogP contribution is -2.24. The fraction of sp³-hybridized carbons (Fsp3) is 0.533. The minimum atomic E-state index is -0.104. The zero-order valence-electron chi connectivity index (χ0n) is 11.6. The summed E-state index contributed by atoms with van der Waals surface area (Å²) in [7, 11) is 4.05. The molecule has 0 heterocycles. The maximum Gasteiger partial charge on any atom is 0.306 e. The standard InChI is InChI=1S/C15H23NO2/c1-4-13(11-16(2)3)10-15(17)18-12-14-8-6-5-7-9-14/h5-9,13H,4,10-12H2,1-3H3. The van der Waals surface area contributed by atoms with Crippen LogP contribution in [0.25, 0.3) is 0 Å². The molecule has 0 spiro atoms. The predicted octanol–water partition coefficient (Wildman–Crippen LogP) is 2.71. The zero-order valence-corrected chi connectivity index (χ0v) is 11.6. The van der Waals surface area contributed by atoms with Crippen molar-refractivity contribution in [2.24, 2.45) is 5.92 Å². The highest BCUT2D eigenvalue weighted by Crippen LogP contribution is 2.11. The predicted molar refractivity (Wildman–Crippen MR) is 73.2 cm³/mol. The van der Waals surface area contributed by atoms with E-state index in [9.17, 15) is 4.79 Å². The second-order valence-corrected chi connectivity index (χ2v) is 4.89. The van der Waals surface area contributed by atoms with Crippen molar-refractivity contribution in [1.29, 1.82) is 0 Å². The molecule has 1 aromatic rings. The van der Waals surface area contributed by atoms with Gasteiger partial charge in [0.2, 0.25) is 0 Å². The minimum Gasteiger partial charge on any atom is -0.461 e. The van der Waals surface area contributed by atoms with Crippen molar-refractivity contribution in [3.8, 4) is 0 Å². The van der Waals surface area contributed by atoms with Gasteiger partial charge in [-0.1, -0.05) is 43.7 Å². The maximum atomic E-state index is 11.7. The Morgan fingerprint density at radius 3 is 2.50 bits per heavy atom. The van der Waals surface area contributed by atoms with Crippen molar-refractivity contribution in [3.05, 3.63) is 35.9 Å². The van der Waals surface area contributed by atoms with Gasteiger partial charge in [0.1, 0.15) is 6.61 Å². The summed E-state index contributed by atoms with van der Waals surface area (Å²) in [5.41, 5.74) is 1.03. The summed E-state index contributed by atoms with van der Waals surface area (Å²) in [6.07, 6.45) is 1.50. The Morgan fingerprint density at radius 1 is 1.28 bits per heavy atom. The molecule has 0 aliphatic rings. The molecule has 0 amide bonds. The van der Waals surface area contributed by atoms with Crippen molar-refractivity contribution in [1.82, 2.24) is 4.90 Å². The van der Waals surface area contributed by atoms with Gasteiger partial charge in [0.25, 0.3) is 0 Å². The Hall–Kier alpha value is -1.35. The third-order valence-corrected chi connectivity index (χ3v) is 2.90. The summed E-state index contributed by atoms with van der Waals surface area (Å²) in [6.45, 7) is 3.41. The molecule has 0 saturated heterocycles. The first-order chi connectivity index (χ1) is 8.61. The molecule has 1 rings (SSSR count). The lowest BCUT2D eigenvalue weighted by Gasteiger charge is -2.18. The van der Waals surface area contributed by atoms with Crippen LogP contribution in [0, 0.1) is 5.92 Å². The average molecular weight is 249 g/mol. The van der Waals surface area contributed by atoms with Crippen LogP contribution in [0.5, 0.6) is 0 Å². The second-order valence-electron chi connectivity index (χ2n) is 4.89. The molecule has 0 aliphatic carbocycles. The molecule has 0 saturated carbocycles. The lowest BCUT2D eigenvalue weighted by molar-refractivity contribution is -0.146. The normalized spacial score (nSPS) is 12.4. The monoisotopic (exact) mass is 249 g/mol. The minimum absolute atomic E-state index is 0.104. The molecule has 100 valence electrons. The van der Waals surface area contributed by atoms with Crippen LogP contribution in [0.15, 0.2) is 30.3 Å². The van der Waals surface area contributed by atoms with Crippen molar-refractivity contribution in [2.75, 3.05) is 20.6 Å². The van der Waals surface area contributed by atoms with E-state index in [-0.39, 0.29) is 5.97 Å². The molecule has 0 aromatic heterocycles. The molecule has 3 heteroatoms. The van der Waals surface area contributed by atoms with E-state index in [1.165, 1.54) is 0 Å². The van der Waals surface area contributed by atoms with Crippen LogP contribution in [-0.2, 0) is 16.1 Å². The number of hydrogen-bond acceptors (Lipinski definition) is 3. The number of ether oxygens (including phenoxy) is 1. The van der Waals surface area contributed by atoms with E-state index >= 15 is 0 Å². The number of benzene rings is 1. The van der Waals surface area contributed by atoms with Crippen molar-refractivity contribution < 1.29 is 9.53 Å². The van der Waals surface area contributed by atoms with E-state index < -0.39 is 0 Å². The molecule has 0 aliphatic heterocycles. The van der Waals surface area contributed by atoms with E-state index in [4.69, 9.17) is 4.74 Å². The number of carbonyl (C=O) groups is 1. The highest BCUT2D eigenvalue weighted by molar-refractivity contribution is 5.69. The average Bonchev–Trinajstić information content (AvgIpc) is 2.36. The molecule has 3 nitrogen and oxygen atoms in total. The summed E-state index contributed by atoms with van der Waals surface area (Å²) < 4.78 is 5.28. The molecule has 1 atom stereocenters. The third kappa shape index (κ3) is 5.82. The smallest absolute Gasteiger partial charge is 0.306 e. The van der Waals surface area contributed by atoms with Crippen LogP contribution < -0.4 is 0 Å². The summed E-state index contributed by atoms with van der Waals surface area (Å²) in [6, 6.07) is 9.78. The van der Waals surface area contributed by atoms with Gasteiger partial charge in [-0.25, -0.2) is 0 Å². The summed E-state index contributed by atoms with van der Waals surface area (Å²) in [5, 5.41) is 0. The molecule has 1 aromatic carbocycles. The van der Waals surface area contributed by atoms with E-state index in [0.29, 0.717) is 18.9 Å². The highest BCUT2D eigenvalue weighted by Gasteiger charge is 2.14. The van der Waals surface area contributed by atoms with E-state index in [1.54, 1.807) is 0 Å². The van der Waals surface area contributed by atoms with Crippen LogP contribution in [0.4, 0.5) is 0 Å². The Labute approximate surface area is 110 Å². The third-order valence-electron chi connectivity index (χ3n) is 2.90. The fourth-order valence-electron chi connectivity index (χ4n) is 1.89. The first kappa shape index (κ1) is 14.7. The highest BCUT2D eigenvalue weighted by atomic mass is 16.5. The number of rotatable bonds is 7. The summed E-state index contributed by atoms with van der Waals surface area (Å²) in [5.74, 6) is 0.274. The number of esters is 1. The van der Waals surface area contributed by atoms with E-state index in [0.717, 1.165) is 18.5 Å². The van der Waals surface area contributed by atoms with Crippen molar-refractivity contribution in [2.45, 2.75) is 26.4 Å². The molecular weight excluding hydrogens is 226 g/mol. The van der Waals surface area contributed by atoms with Gasteiger partial charge in [0, 0.05) is 13.0 Å². The van der Waals surface area contributed by atoms with Crippen molar-refractivity contribution in [3.63, 3.8) is 0 Å². The maximum absolute atomic E-state index is 11.7. The number of carbonyl (C=O) groups excluding carboxylic acids is 1. The molecule has 18 heavy (non-hydrogen) atoms. The quantitative estimate of drug-likeness (QED) is 0.696. The van der Waals surface area contributed by atoms with E-state index in [2.05, 4.69) is 11.8 Å². The molecular formula is C15H23NO2. The van der Waals surface area contributed by atoms with Crippen LogP contribution in [-0.4, -0.2) is 31.5 Å². The Kier molecular flexibility index (Phi) is 6.44. The summed E-state index contributed by atoms with van der Waals surface area (Å²) >= 11 is 0. The Bertz CT molecular complexity index is 349. The van der Waals surface area contributed by atoms with Gasteiger partial charge in [-0.15, -0.1) is 0 Å². The number of hydrogen-bond donors (Lipinski definition) is 0. The van der Waals surface area contributed by atoms with Gasteiger partial charge >= 0.3 is 5.97 Å².